The molecular formula is C19H12Cl2N2O4S. The second-order valence-electron chi connectivity index (χ2n) is 5.58. The molecule has 6 nitrogen and oxygen atoms in total. The van der Waals surface area contributed by atoms with Crippen LogP contribution in [-0.4, -0.2) is 28.3 Å². The molecule has 0 bridgehead atoms. The van der Waals surface area contributed by atoms with Crippen LogP contribution in [0.5, 0.6) is 5.75 Å². The number of hydrogen-bond donors (Lipinski definition) is 3. The van der Waals surface area contributed by atoms with Gasteiger partial charge in [0.25, 0.3) is 5.91 Å². The maximum absolute atomic E-state index is 12.0. The highest BCUT2D eigenvalue weighted by Crippen LogP contribution is 2.39. The van der Waals surface area contributed by atoms with E-state index < -0.39 is 11.9 Å². The summed E-state index contributed by atoms with van der Waals surface area (Å²) >= 11 is 13.2. The molecule has 2 aromatic carbocycles. The van der Waals surface area contributed by atoms with E-state index in [2.05, 4.69) is 10.5 Å². The van der Waals surface area contributed by atoms with Crippen LogP contribution in [0.2, 0.25) is 10.0 Å². The molecule has 1 aromatic heterocycles. The van der Waals surface area contributed by atoms with Crippen LogP contribution in [0.15, 0.2) is 52.9 Å². The number of carbonyl (C=O) groups is 2. The van der Waals surface area contributed by atoms with Crippen LogP contribution in [0.1, 0.15) is 26.3 Å². The quantitative estimate of drug-likeness (QED) is 0.393. The monoisotopic (exact) mass is 434 g/mol. The van der Waals surface area contributed by atoms with Crippen molar-refractivity contribution in [2.45, 2.75) is 0 Å². The molecule has 0 aliphatic heterocycles. The summed E-state index contributed by atoms with van der Waals surface area (Å²) in [5.41, 5.74) is 3.80. The number of carbonyl (C=O) groups excluding carboxylic acids is 1. The number of nitrogens with one attached hydrogen (secondary N) is 1. The number of aromatic carboxylic acids is 1. The van der Waals surface area contributed by atoms with E-state index in [0.29, 0.717) is 26.0 Å². The minimum atomic E-state index is -1.07. The van der Waals surface area contributed by atoms with Crippen LogP contribution >= 0.6 is 34.5 Å². The number of aromatic hydroxyl groups is 1. The molecule has 3 rings (SSSR count). The maximum Gasteiger partial charge on any atom is 0.335 e. The Kier molecular flexibility index (Phi) is 5.99. The fourth-order valence-corrected chi connectivity index (χ4v) is 3.50. The first-order valence-electron chi connectivity index (χ1n) is 7.79. The Bertz CT molecular complexity index is 1080. The van der Waals surface area contributed by atoms with Crippen molar-refractivity contribution < 1.29 is 19.8 Å². The summed E-state index contributed by atoms with van der Waals surface area (Å²) in [6.45, 7) is 0. The molecule has 0 fully saturated rings. The number of benzene rings is 2. The first kappa shape index (κ1) is 19.9. The zero-order valence-electron chi connectivity index (χ0n) is 14.0. The van der Waals surface area contributed by atoms with Crippen molar-refractivity contribution in [3.8, 4) is 16.2 Å². The molecule has 0 aliphatic carbocycles. The van der Waals surface area contributed by atoms with Crippen LogP contribution in [-0.2, 0) is 0 Å². The average molecular weight is 435 g/mol. The maximum atomic E-state index is 12.0. The molecule has 142 valence electrons. The van der Waals surface area contributed by atoms with Gasteiger partial charge in [0, 0.05) is 16.5 Å². The highest BCUT2D eigenvalue weighted by Gasteiger charge is 2.13. The van der Waals surface area contributed by atoms with Gasteiger partial charge >= 0.3 is 5.97 Å². The molecule has 0 spiro atoms. The van der Waals surface area contributed by atoms with Gasteiger partial charge in [0.15, 0.2) is 0 Å². The van der Waals surface area contributed by atoms with Crippen molar-refractivity contribution in [2.24, 2.45) is 5.10 Å². The number of halogens is 2. The Hall–Kier alpha value is -2.87. The molecule has 1 amide bonds. The summed E-state index contributed by atoms with van der Waals surface area (Å²) in [5, 5.41) is 25.6. The van der Waals surface area contributed by atoms with E-state index in [1.807, 2.05) is 0 Å². The standard InChI is InChI=1S/C19H12Cl2N2O4S/c20-14-6-5-12(7-15(14)21)17-16(24)13(9-28-17)8-22-23-18(25)10-1-3-11(4-2-10)19(26)27/h1-9,24H,(H,23,25)(H,26,27). The highest BCUT2D eigenvalue weighted by atomic mass is 35.5. The number of carboxylic acid groups (broad SMARTS) is 1. The van der Waals surface area contributed by atoms with Crippen LogP contribution in [0.4, 0.5) is 0 Å². The summed E-state index contributed by atoms with van der Waals surface area (Å²) in [6, 6.07) is 10.5. The molecule has 3 N–H and O–H groups in total. The smallest absolute Gasteiger partial charge is 0.335 e. The van der Waals surface area contributed by atoms with Gasteiger partial charge in [0.05, 0.1) is 26.7 Å². The van der Waals surface area contributed by atoms with E-state index >= 15 is 0 Å². The fraction of sp³-hybridized carbons (Fsp3) is 0. The van der Waals surface area contributed by atoms with Gasteiger partial charge in [-0.05, 0) is 42.0 Å². The summed E-state index contributed by atoms with van der Waals surface area (Å²) in [4.78, 5) is 23.5. The average Bonchev–Trinajstić information content (AvgIpc) is 3.04. The van der Waals surface area contributed by atoms with E-state index in [4.69, 9.17) is 28.3 Å². The highest BCUT2D eigenvalue weighted by molar-refractivity contribution is 7.14. The van der Waals surface area contributed by atoms with Gasteiger partial charge in [-0.15, -0.1) is 11.3 Å². The van der Waals surface area contributed by atoms with Gasteiger partial charge < -0.3 is 10.2 Å². The molecule has 9 heteroatoms. The van der Waals surface area contributed by atoms with Gasteiger partial charge in [-0.2, -0.15) is 5.10 Å². The molecule has 0 aliphatic rings. The first-order chi connectivity index (χ1) is 13.4. The summed E-state index contributed by atoms with van der Waals surface area (Å²) in [5.74, 6) is -1.57. The van der Waals surface area contributed by atoms with Gasteiger partial charge in [-0.1, -0.05) is 29.3 Å². The Labute approximate surface area is 173 Å². The van der Waals surface area contributed by atoms with E-state index in [1.165, 1.54) is 41.8 Å². The number of hydrogen-bond acceptors (Lipinski definition) is 5. The molecular weight excluding hydrogens is 423 g/mol. The van der Waals surface area contributed by atoms with Crippen molar-refractivity contribution in [1.29, 1.82) is 0 Å². The molecule has 0 saturated heterocycles. The summed E-state index contributed by atoms with van der Waals surface area (Å²) < 4.78 is 0. The Morgan fingerprint density at radius 2 is 1.71 bits per heavy atom. The number of carboxylic acids is 1. The lowest BCUT2D eigenvalue weighted by Crippen LogP contribution is -2.17. The van der Waals surface area contributed by atoms with Gasteiger partial charge in [-0.25, -0.2) is 10.2 Å². The van der Waals surface area contributed by atoms with Crippen LogP contribution < -0.4 is 5.43 Å². The molecule has 0 atom stereocenters. The minimum absolute atomic E-state index is 0.00667. The lowest BCUT2D eigenvalue weighted by atomic mass is 10.1. The molecule has 3 aromatic rings. The van der Waals surface area contributed by atoms with Gasteiger partial charge in [0.1, 0.15) is 5.75 Å². The van der Waals surface area contributed by atoms with Crippen molar-refractivity contribution >= 4 is 52.6 Å². The van der Waals surface area contributed by atoms with Gasteiger partial charge in [0.2, 0.25) is 0 Å². The molecule has 0 saturated carbocycles. The van der Waals surface area contributed by atoms with Gasteiger partial charge in [-0.3, -0.25) is 4.79 Å². The Morgan fingerprint density at radius 1 is 1.04 bits per heavy atom. The minimum Gasteiger partial charge on any atom is -0.506 e. The van der Waals surface area contributed by atoms with Crippen molar-refractivity contribution in [3.05, 3.63) is 74.6 Å². The molecule has 1 heterocycles. The SMILES string of the molecule is O=C(O)c1ccc(C(=O)NN=Cc2csc(-c3ccc(Cl)c(Cl)c3)c2O)cc1. The molecule has 0 unspecified atom stereocenters. The van der Waals surface area contributed by atoms with Crippen molar-refractivity contribution in [1.82, 2.24) is 5.43 Å². The third kappa shape index (κ3) is 4.33. The zero-order valence-corrected chi connectivity index (χ0v) is 16.3. The Morgan fingerprint density at radius 3 is 2.36 bits per heavy atom. The van der Waals surface area contributed by atoms with E-state index in [-0.39, 0.29) is 16.9 Å². The van der Waals surface area contributed by atoms with Crippen molar-refractivity contribution in [3.63, 3.8) is 0 Å². The summed E-state index contributed by atoms with van der Waals surface area (Å²) in [6.07, 6.45) is 1.32. The fourth-order valence-electron chi connectivity index (χ4n) is 2.29. The zero-order chi connectivity index (χ0) is 20.3. The van der Waals surface area contributed by atoms with E-state index in [1.54, 1.807) is 23.6 Å². The second-order valence-corrected chi connectivity index (χ2v) is 7.27. The van der Waals surface area contributed by atoms with Crippen LogP contribution in [0.3, 0.4) is 0 Å². The predicted molar refractivity (Wildman–Crippen MR) is 110 cm³/mol. The van der Waals surface area contributed by atoms with Crippen molar-refractivity contribution in [2.75, 3.05) is 0 Å². The number of thiophene rings is 1. The predicted octanol–water partition coefficient (Wildman–Crippen LogP) is 4.89. The Balaban J connectivity index is 1.71. The molecule has 28 heavy (non-hydrogen) atoms. The van der Waals surface area contributed by atoms with Crippen LogP contribution in [0.25, 0.3) is 10.4 Å². The largest absolute Gasteiger partial charge is 0.506 e. The van der Waals surface area contributed by atoms with E-state index in [9.17, 15) is 14.7 Å². The van der Waals surface area contributed by atoms with Crippen LogP contribution in [0, 0.1) is 0 Å². The topological polar surface area (TPSA) is 99.0 Å². The lowest BCUT2D eigenvalue weighted by Gasteiger charge is -2.02. The number of amides is 1. The molecule has 0 radical (unpaired) electrons. The lowest BCUT2D eigenvalue weighted by molar-refractivity contribution is 0.0696. The normalized spacial score (nSPS) is 10.9. The third-order valence-corrected chi connectivity index (χ3v) is 5.51. The number of nitrogens with zero attached hydrogens (tertiary/aromatic N) is 1. The number of hydrazone groups is 1. The van der Waals surface area contributed by atoms with E-state index in [0.717, 1.165) is 0 Å². The second kappa shape index (κ2) is 8.43. The first-order valence-corrected chi connectivity index (χ1v) is 9.43. The summed E-state index contributed by atoms with van der Waals surface area (Å²) in [7, 11) is 0. The number of rotatable bonds is 5. The third-order valence-electron chi connectivity index (χ3n) is 3.74.